The Morgan fingerprint density at radius 3 is 3.11 bits per heavy atom. The van der Waals surface area contributed by atoms with Crippen molar-refractivity contribution in [2.45, 2.75) is 31.9 Å². The van der Waals surface area contributed by atoms with Gasteiger partial charge in [-0.05, 0) is 13.8 Å². The lowest BCUT2D eigenvalue weighted by Gasteiger charge is -2.33. The molecule has 0 aromatic carbocycles. The summed E-state index contributed by atoms with van der Waals surface area (Å²) >= 11 is 5.83. The van der Waals surface area contributed by atoms with E-state index >= 15 is 0 Å². The molecule has 1 aromatic rings. The topological polar surface area (TPSA) is 47.4 Å². The SMILES string of the molecule is CCn1cc(C2CN(C(=O)C(C)Cl)CCO2)cn1. The van der Waals surface area contributed by atoms with Gasteiger partial charge in [-0.25, -0.2) is 0 Å². The van der Waals surface area contributed by atoms with Gasteiger partial charge in [0.05, 0.1) is 19.3 Å². The summed E-state index contributed by atoms with van der Waals surface area (Å²) in [5.74, 6) is -0.0344. The average molecular weight is 272 g/mol. The van der Waals surface area contributed by atoms with Crippen LogP contribution >= 0.6 is 11.6 Å². The second-order valence-corrected chi connectivity index (χ2v) is 5.04. The Labute approximate surface area is 112 Å². The van der Waals surface area contributed by atoms with Crippen LogP contribution in [-0.4, -0.2) is 45.7 Å². The number of hydrogen-bond acceptors (Lipinski definition) is 3. The molecule has 1 saturated heterocycles. The number of aryl methyl sites for hydroxylation is 1. The number of amides is 1. The van der Waals surface area contributed by atoms with E-state index in [1.54, 1.807) is 18.0 Å². The number of morpholine rings is 1. The number of nitrogens with zero attached hydrogens (tertiary/aromatic N) is 3. The Balaban J connectivity index is 2.04. The molecule has 1 fully saturated rings. The molecule has 2 unspecified atom stereocenters. The zero-order valence-corrected chi connectivity index (χ0v) is 11.4. The van der Waals surface area contributed by atoms with Crippen LogP contribution in [0.5, 0.6) is 0 Å². The highest BCUT2D eigenvalue weighted by molar-refractivity contribution is 6.30. The zero-order chi connectivity index (χ0) is 13.1. The lowest BCUT2D eigenvalue weighted by Crippen LogP contribution is -2.44. The fraction of sp³-hybridized carbons (Fsp3) is 0.667. The van der Waals surface area contributed by atoms with E-state index < -0.39 is 5.38 Å². The third-order valence-corrected chi connectivity index (χ3v) is 3.25. The van der Waals surface area contributed by atoms with Gasteiger partial charge in [-0.3, -0.25) is 9.48 Å². The van der Waals surface area contributed by atoms with Crippen LogP contribution in [0.1, 0.15) is 25.5 Å². The van der Waals surface area contributed by atoms with Crippen LogP contribution < -0.4 is 0 Å². The maximum Gasteiger partial charge on any atom is 0.240 e. The van der Waals surface area contributed by atoms with E-state index in [1.807, 2.05) is 17.8 Å². The molecule has 18 heavy (non-hydrogen) atoms. The summed E-state index contributed by atoms with van der Waals surface area (Å²) in [4.78, 5) is 13.6. The molecule has 100 valence electrons. The van der Waals surface area contributed by atoms with Gasteiger partial charge in [-0.2, -0.15) is 5.10 Å². The largest absolute Gasteiger partial charge is 0.370 e. The molecule has 0 spiro atoms. The number of ether oxygens (including phenoxy) is 1. The number of carbonyl (C=O) groups excluding carboxylic acids is 1. The van der Waals surface area contributed by atoms with E-state index in [-0.39, 0.29) is 12.0 Å². The van der Waals surface area contributed by atoms with Gasteiger partial charge in [0.25, 0.3) is 0 Å². The third kappa shape index (κ3) is 2.84. The lowest BCUT2D eigenvalue weighted by atomic mass is 10.1. The highest BCUT2D eigenvalue weighted by Crippen LogP contribution is 2.22. The summed E-state index contributed by atoms with van der Waals surface area (Å²) in [6.07, 6.45) is 3.66. The fourth-order valence-corrected chi connectivity index (χ4v) is 2.16. The van der Waals surface area contributed by atoms with Crippen LogP contribution in [0, 0.1) is 0 Å². The first-order valence-electron chi connectivity index (χ1n) is 6.18. The molecule has 0 bridgehead atoms. The smallest absolute Gasteiger partial charge is 0.240 e. The highest BCUT2D eigenvalue weighted by Gasteiger charge is 2.27. The standard InChI is InChI=1S/C12H18ClN3O2/c1-3-16-7-10(6-14-16)11-8-15(4-5-18-11)12(17)9(2)13/h6-7,9,11H,3-5,8H2,1-2H3. The van der Waals surface area contributed by atoms with Crippen molar-refractivity contribution < 1.29 is 9.53 Å². The molecule has 1 amide bonds. The highest BCUT2D eigenvalue weighted by atomic mass is 35.5. The van der Waals surface area contributed by atoms with Crippen molar-refractivity contribution >= 4 is 17.5 Å². The average Bonchev–Trinajstić information content (AvgIpc) is 2.86. The summed E-state index contributed by atoms with van der Waals surface area (Å²) in [5.41, 5.74) is 1.01. The van der Waals surface area contributed by atoms with E-state index in [0.717, 1.165) is 12.1 Å². The van der Waals surface area contributed by atoms with E-state index in [1.165, 1.54) is 0 Å². The predicted molar refractivity (Wildman–Crippen MR) is 68.5 cm³/mol. The number of halogens is 1. The van der Waals surface area contributed by atoms with Crippen LogP contribution in [0.3, 0.4) is 0 Å². The zero-order valence-electron chi connectivity index (χ0n) is 10.7. The molecule has 0 radical (unpaired) electrons. The molecule has 2 heterocycles. The molecule has 2 atom stereocenters. The maximum atomic E-state index is 11.9. The Hall–Kier alpha value is -1.07. The summed E-state index contributed by atoms with van der Waals surface area (Å²) in [6.45, 7) is 6.25. The van der Waals surface area contributed by atoms with Gasteiger partial charge in [-0.15, -0.1) is 11.6 Å². The van der Waals surface area contributed by atoms with E-state index in [0.29, 0.717) is 19.7 Å². The van der Waals surface area contributed by atoms with Gasteiger partial charge in [-0.1, -0.05) is 0 Å². The van der Waals surface area contributed by atoms with Gasteiger partial charge in [0.2, 0.25) is 5.91 Å². The van der Waals surface area contributed by atoms with E-state index in [2.05, 4.69) is 5.10 Å². The maximum absolute atomic E-state index is 11.9. The quantitative estimate of drug-likeness (QED) is 0.782. The fourth-order valence-electron chi connectivity index (χ4n) is 2.02. The van der Waals surface area contributed by atoms with Crippen molar-refractivity contribution in [2.75, 3.05) is 19.7 Å². The van der Waals surface area contributed by atoms with Crippen LogP contribution in [-0.2, 0) is 16.1 Å². The van der Waals surface area contributed by atoms with Gasteiger partial charge in [0.15, 0.2) is 0 Å². The minimum absolute atomic E-state index is 0.0344. The van der Waals surface area contributed by atoms with Gasteiger partial charge >= 0.3 is 0 Å². The predicted octanol–water partition coefficient (Wildman–Crippen LogP) is 1.43. The summed E-state index contributed by atoms with van der Waals surface area (Å²) in [5, 5.41) is 3.74. The number of rotatable bonds is 3. The van der Waals surface area contributed by atoms with Gasteiger partial charge < -0.3 is 9.64 Å². The van der Waals surface area contributed by atoms with Crippen molar-refractivity contribution in [3.05, 3.63) is 18.0 Å². The Morgan fingerprint density at radius 1 is 1.72 bits per heavy atom. The van der Waals surface area contributed by atoms with E-state index in [9.17, 15) is 4.79 Å². The molecule has 1 aliphatic heterocycles. The molecule has 1 aliphatic rings. The first kappa shape index (κ1) is 13.4. The number of aromatic nitrogens is 2. The molecule has 1 aromatic heterocycles. The van der Waals surface area contributed by atoms with Crippen LogP contribution in [0.25, 0.3) is 0 Å². The van der Waals surface area contributed by atoms with Crippen molar-refractivity contribution in [3.8, 4) is 0 Å². The first-order chi connectivity index (χ1) is 8.61. The van der Waals surface area contributed by atoms with Gasteiger partial charge in [0, 0.05) is 24.8 Å². The van der Waals surface area contributed by atoms with Crippen LogP contribution in [0.15, 0.2) is 12.4 Å². The molecular weight excluding hydrogens is 254 g/mol. The van der Waals surface area contributed by atoms with Crippen LogP contribution in [0.4, 0.5) is 0 Å². The van der Waals surface area contributed by atoms with E-state index in [4.69, 9.17) is 16.3 Å². The summed E-state index contributed by atoms with van der Waals surface area (Å²) < 4.78 is 7.54. The second kappa shape index (κ2) is 5.71. The molecule has 0 aliphatic carbocycles. The molecule has 2 rings (SSSR count). The molecule has 0 saturated carbocycles. The minimum Gasteiger partial charge on any atom is -0.370 e. The van der Waals surface area contributed by atoms with Crippen LogP contribution in [0.2, 0.25) is 0 Å². The minimum atomic E-state index is -0.484. The monoisotopic (exact) mass is 271 g/mol. The van der Waals surface area contributed by atoms with Crippen molar-refractivity contribution in [1.82, 2.24) is 14.7 Å². The Bertz CT molecular complexity index is 419. The molecule has 6 heteroatoms. The van der Waals surface area contributed by atoms with Crippen molar-refractivity contribution in [1.29, 1.82) is 0 Å². The normalized spacial score (nSPS) is 21.9. The Kier molecular flexibility index (Phi) is 4.24. The number of hydrogen-bond donors (Lipinski definition) is 0. The van der Waals surface area contributed by atoms with Crippen molar-refractivity contribution in [2.24, 2.45) is 0 Å². The molecule has 0 N–H and O–H groups in total. The second-order valence-electron chi connectivity index (χ2n) is 4.39. The summed E-state index contributed by atoms with van der Waals surface area (Å²) in [6, 6.07) is 0. The molecular formula is C12H18ClN3O2. The first-order valence-corrected chi connectivity index (χ1v) is 6.62. The molecule has 5 nitrogen and oxygen atoms in total. The number of carbonyl (C=O) groups is 1. The third-order valence-electron chi connectivity index (χ3n) is 3.07. The number of alkyl halides is 1. The summed E-state index contributed by atoms with van der Waals surface area (Å²) in [7, 11) is 0. The lowest BCUT2D eigenvalue weighted by molar-refractivity contribution is -0.138. The Morgan fingerprint density at radius 2 is 2.50 bits per heavy atom. The van der Waals surface area contributed by atoms with Crippen molar-refractivity contribution in [3.63, 3.8) is 0 Å². The van der Waals surface area contributed by atoms with Gasteiger partial charge in [0.1, 0.15) is 11.5 Å².